The van der Waals surface area contributed by atoms with Gasteiger partial charge >= 0.3 is 5.97 Å². The molecule has 0 radical (unpaired) electrons. The van der Waals surface area contributed by atoms with Crippen molar-refractivity contribution >= 4 is 5.97 Å². The SMILES string of the molecule is C[N+](C)(C)CCOC(=O)CC1COc2ccccc2O1.[I-]. The Bertz CT molecular complexity index is 473. The van der Waals surface area contributed by atoms with Gasteiger partial charge in [-0.3, -0.25) is 4.79 Å². The van der Waals surface area contributed by atoms with Crippen molar-refractivity contribution in [3.63, 3.8) is 0 Å². The summed E-state index contributed by atoms with van der Waals surface area (Å²) in [7, 11) is 6.18. The number of halogens is 1. The minimum atomic E-state index is -0.276. The molecule has 118 valence electrons. The van der Waals surface area contributed by atoms with E-state index in [1.54, 1.807) is 0 Å². The lowest BCUT2D eigenvalue weighted by molar-refractivity contribution is -0.870. The average Bonchev–Trinajstić information content (AvgIpc) is 2.37. The second-order valence-electron chi connectivity index (χ2n) is 5.94. The fraction of sp³-hybridized carbons (Fsp3) is 0.533. The molecule has 0 spiro atoms. The molecule has 1 atom stereocenters. The van der Waals surface area contributed by atoms with Gasteiger partial charge in [-0.05, 0) is 12.1 Å². The van der Waals surface area contributed by atoms with E-state index >= 15 is 0 Å². The van der Waals surface area contributed by atoms with E-state index in [1.807, 2.05) is 24.3 Å². The van der Waals surface area contributed by atoms with Gasteiger partial charge in [-0.1, -0.05) is 12.1 Å². The zero-order valence-corrected chi connectivity index (χ0v) is 14.8. The van der Waals surface area contributed by atoms with Gasteiger partial charge < -0.3 is 42.7 Å². The summed E-state index contributed by atoms with van der Waals surface area (Å²) in [6.45, 7) is 1.59. The van der Waals surface area contributed by atoms with Crippen LogP contribution < -0.4 is 33.5 Å². The Labute approximate surface area is 142 Å². The highest BCUT2D eigenvalue weighted by atomic mass is 127. The van der Waals surface area contributed by atoms with Crippen LogP contribution >= 0.6 is 0 Å². The number of likely N-dealkylation sites (N-methyl/N-ethyl adjacent to an activating group) is 1. The molecule has 0 amide bonds. The summed E-state index contributed by atoms with van der Waals surface area (Å²) in [6, 6.07) is 7.46. The maximum atomic E-state index is 11.7. The topological polar surface area (TPSA) is 44.8 Å². The number of para-hydroxylation sites is 2. The first-order valence-corrected chi connectivity index (χ1v) is 6.78. The number of hydrogen-bond donors (Lipinski definition) is 0. The highest BCUT2D eigenvalue weighted by Gasteiger charge is 2.24. The van der Waals surface area contributed by atoms with E-state index in [1.165, 1.54) is 0 Å². The number of nitrogens with zero attached hydrogens (tertiary/aromatic N) is 1. The lowest BCUT2D eigenvalue weighted by atomic mass is 10.2. The van der Waals surface area contributed by atoms with Crippen LogP contribution in [0.15, 0.2) is 24.3 Å². The van der Waals surface area contributed by atoms with Crippen molar-refractivity contribution in [3.05, 3.63) is 24.3 Å². The molecule has 0 fully saturated rings. The van der Waals surface area contributed by atoms with E-state index in [-0.39, 0.29) is 42.5 Å². The largest absolute Gasteiger partial charge is 1.00 e. The first-order chi connectivity index (χ1) is 9.44. The van der Waals surface area contributed by atoms with Gasteiger partial charge in [-0.25, -0.2) is 0 Å². The zero-order valence-electron chi connectivity index (χ0n) is 12.7. The molecule has 0 saturated carbocycles. The molecule has 0 bridgehead atoms. The molecule has 0 N–H and O–H groups in total. The summed E-state index contributed by atoms with van der Waals surface area (Å²) in [5.74, 6) is 1.16. The molecular weight excluding hydrogens is 385 g/mol. The number of rotatable bonds is 5. The van der Waals surface area contributed by atoms with Gasteiger partial charge in [0, 0.05) is 0 Å². The van der Waals surface area contributed by atoms with Crippen LogP contribution in [0.5, 0.6) is 11.5 Å². The number of esters is 1. The lowest BCUT2D eigenvalue weighted by Gasteiger charge is -2.26. The van der Waals surface area contributed by atoms with Crippen molar-refractivity contribution in [2.75, 3.05) is 40.9 Å². The van der Waals surface area contributed by atoms with Crippen molar-refractivity contribution < 1.29 is 47.5 Å². The normalized spacial score (nSPS) is 16.8. The highest BCUT2D eigenvalue weighted by Crippen LogP contribution is 2.31. The Morgan fingerprint density at radius 3 is 2.62 bits per heavy atom. The smallest absolute Gasteiger partial charge is 0.309 e. The maximum Gasteiger partial charge on any atom is 0.309 e. The predicted octanol–water partition coefficient (Wildman–Crippen LogP) is -1.53. The van der Waals surface area contributed by atoms with Crippen molar-refractivity contribution in [1.29, 1.82) is 0 Å². The third-order valence-electron chi connectivity index (χ3n) is 2.99. The first-order valence-electron chi connectivity index (χ1n) is 6.78. The Morgan fingerprint density at radius 2 is 1.95 bits per heavy atom. The minimum Gasteiger partial charge on any atom is -1.00 e. The van der Waals surface area contributed by atoms with Crippen LogP contribution in [0.25, 0.3) is 0 Å². The van der Waals surface area contributed by atoms with Gasteiger partial charge in [0.25, 0.3) is 0 Å². The number of hydrogen-bond acceptors (Lipinski definition) is 4. The molecule has 5 nitrogen and oxygen atoms in total. The number of carbonyl (C=O) groups excluding carboxylic acids is 1. The van der Waals surface area contributed by atoms with Crippen LogP contribution in [0.2, 0.25) is 0 Å². The summed E-state index contributed by atoms with van der Waals surface area (Å²) in [4.78, 5) is 11.7. The lowest BCUT2D eigenvalue weighted by Crippen LogP contribution is -3.00. The van der Waals surface area contributed by atoms with Crippen molar-refractivity contribution in [2.45, 2.75) is 12.5 Å². The van der Waals surface area contributed by atoms with Crippen molar-refractivity contribution in [2.24, 2.45) is 0 Å². The van der Waals surface area contributed by atoms with E-state index in [9.17, 15) is 4.79 Å². The van der Waals surface area contributed by atoms with Gasteiger partial charge in [0.1, 0.15) is 25.9 Å². The van der Waals surface area contributed by atoms with Crippen LogP contribution in [0.3, 0.4) is 0 Å². The van der Waals surface area contributed by atoms with Crippen LogP contribution in [-0.2, 0) is 9.53 Å². The van der Waals surface area contributed by atoms with Crippen LogP contribution in [0.1, 0.15) is 6.42 Å². The van der Waals surface area contributed by atoms with Crippen LogP contribution in [0.4, 0.5) is 0 Å². The quantitative estimate of drug-likeness (QED) is 0.338. The third-order valence-corrected chi connectivity index (χ3v) is 2.99. The fourth-order valence-corrected chi connectivity index (χ4v) is 1.84. The van der Waals surface area contributed by atoms with Gasteiger partial charge in [0.2, 0.25) is 0 Å². The number of benzene rings is 1. The standard InChI is InChI=1S/C15H22NO4.HI/c1-16(2,3)8-9-18-15(17)10-12-11-19-13-6-4-5-7-14(13)20-12;/h4-7,12H,8-11H2,1-3H3;1H/q+1;/p-1. The van der Waals surface area contributed by atoms with Crippen LogP contribution in [0, 0.1) is 0 Å². The van der Waals surface area contributed by atoms with Gasteiger partial charge in [-0.2, -0.15) is 0 Å². The number of carbonyl (C=O) groups is 1. The second-order valence-corrected chi connectivity index (χ2v) is 5.94. The Kier molecular flexibility index (Phi) is 6.73. The van der Waals surface area contributed by atoms with Crippen molar-refractivity contribution in [3.8, 4) is 11.5 Å². The maximum absolute atomic E-state index is 11.7. The highest BCUT2D eigenvalue weighted by molar-refractivity contribution is 5.70. The molecule has 1 heterocycles. The molecule has 1 aromatic rings. The average molecular weight is 407 g/mol. The predicted molar refractivity (Wildman–Crippen MR) is 74.8 cm³/mol. The van der Waals surface area contributed by atoms with Crippen molar-refractivity contribution in [1.82, 2.24) is 0 Å². The van der Waals surface area contributed by atoms with E-state index in [0.717, 1.165) is 16.8 Å². The molecular formula is C15H22INO4. The Morgan fingerprint density at radius 1 is 1.29 bits per heavy atom. The summed E-state index contributed by atoms with van der Waals surface area (Å²) in [6.07, 6.45) is -0.0626. The zero-order chi connectivity index (χ0) is 14.6. The minimum absolute atomic E-state index is 0. The molecule has 1 aromatic carbocycles. The fourth-order valence-electron chi connectivity index (χ4n) is 1.84. The summed E-state index contributed by atoms with van der Waals surface area (Å²) in [5, 5.41) is 0. The second kappa shape index (κ2) is 7.84. The van der Waals surface area contributed by atoms with E-state index in [4.69, 9.17) is 14.2 Å². The van der Waals surface area contributed by atoms with E-state index in [0.29, 0.717) is 19.0 Å². The summed E-state index contributed by atoms with van der Waals surface area (Å²) >= 11 is 0. The van der Waals surface area contributed by atoms with E-state index < -0.39 is 0 Å². The monoisotopic (exact) mass is 407 g/mol. The summed E-state index contributed by atoms with van der Waals surface area (Å²) in [5.41, 5.74) is 0. The molecule has 1 unspecified atom stereocenters. The van der Waals surface area contributed by atoms with Gasteiger partial charge in [-0.15, -0.1) is 0 Å². The van der Waals surface area contributed by atoms with E-state index in [2.05, 4.69) is 21.1 Å². The number of quaternary nitrogens is 1. The molecule has 0 saturated heterocycles. The number of fused-ring (bicyclic) bond motifs is 1. The molecule has 1 aliphatic heterocycles. The number of ether oxygens (including phenoxy) is 3. The molecule has 6 heteroatoms. The first kappa shape index (κ1) is 18.0. The molecule has 2 rings (SSSR count). The molecule has 0 aliphatic carbocycles. The molecule has 1 aliphatic rings. The Balaban J connectivity index is 0.00000220. The summed E-state index contributed by atoms with van der Waals surface area (Å²) < 4.78 is 17.3. The van der Waals surface area contributed by atoms with Crippen LogP contribution in [-0.4, -0.2) is 57.5 Å². The Hall–Kier alpha value is -1.02. The van der Waals surface area contributed by atoms with Gasteiger partial charge in [0.05, 0.1) is 27.6 Å². The van der Waals surface area contributed by atoms with Gasteiger partial charge in [0.15, 0.2) is 11.5 Å². The molecule has 0 aromatic heterocycles. The molecule has 21 heavy (non-hydrogen) atoms. The third kappa shape index (κ3) is 6.09.